The van der Waals surface area contributed by atoms with E-state index in [-0.39, 0.29) is 12.1 Å². The van der Waals surface area contributed by atoms with Crippen LogP contribution in [0.4, 0.5) is 0 Å². The van der Waals surface area contributed by atoms with Gasteiger partial charge < -0.3 is 23.9 Å². The van der Waals surface area contributed by atoms with E-state index >= 15 is 0 Å². The molecule has 0 saturated carbocycles. The number of hydrogen-bond donors (Lipinski definition) is 1. The summed E-state index contributed by atoms with van der Waals surface area (Å²) in [4.78, 5) is 26.2. The Kier molecular flexibility index (Phi) is 4.71. The van der Waals surface area contributed by atoms with Gasteiger partial charge in [-0.2, -0.15) is 0 Å². The largest absolute Gasteiger partial charge is 0.503 e. The van der Waals surface area contributed by atoms with Gasteiger partial charge in [0.15, 0.2) is 11.5 Å². The van der Waals surface area contributed by atoms with Crippen LogP contribution < -0.4 is 9.47 Å². The summed E-state index contributed by atoms with van der Waals surface area (Å²) in [5.41, 5.74) is 0.564. The van der Waals surface area contributed by atoms with E-state index in [1.807, 2.05) is 0 Å². The minimum atomic E-state index is -0.810. The maximum absolute atomic E-state index is 12.6. The van der Waals surface area contributed by atoms with Crippen LogP contribution in [0.5, 0.6) is 11.5 Å². The highest BCUT2D eigenvalue weighted by molar-refractivity contribution is 6.08. The topological polar surface area (TPSA) is 89.2 Å². The molecule has 1 aliphatic heterocycles. The third-order valence-electron chi connectivity index (χ3n) is 4.32. The third kappa shape index (κ3) is 2.92. The zero-order valence-electron chi connectivity index (χ0n) is 14.7. The molecule has 0 fully saturated rings. The Labute approximate surface area is 150 Å². The number of furan rings is 1. The number of carbonyl (C=O) groups excluding carboxylic acids is 2. The van der Waals surface area contributed by atoms with E-state index in [0.717, 1.165) is 0 Å². The molecule has 1 atom stereocenters. The first-order valence-corrected chi connectivity index (χ1v) is 7.97. The monoisotopic (exact) mass is 357 g/mol. The summed E-state index contributed by atoms with van der Waals surface area (Å²) in [6.07, 6.45) is 1.50. The lowest BCUT2D eigenvalue weighted by Crippen LogP contribution is -2.30. The Hall–Kier alpha value is -3.22. The van der Waals surface area contributed by atoms with Crippen molar-refractivity contribution in [3.05, 3.63) is 59.3 Å². The van der Waals surface area contributed by atoms with Crippen molar-refractivity contribution in [3.63, 3.8) is 0 Å². The van der Waals surface area contributed by atoms with Gasteiger partial charge in [-0.05, 0) is 37.3 Å². The smallest absolute Gasteiger partial charge is 0.290 e. The Morgan fingerprint density at radius 1 is 1.27 bits per heavy atom. The zero-order valence-corrected chi connectivity index (χ0v) is 14.7. The lowest BCUT2D eigenvalue weighted by atomic mass is 9.95. The number of carbonyl (C=O) groups is 2. The average molecular weight is 357 g/mol. The van der Waals surface area contributed by atoms with Gasteiger partial charge in [0.25, 0.3) is 5.91 Å². The Balaban J connectivity index is 2.15. The van der Waals surface area contributed by atoms with Crippen LogP contribution in [0.25, 0.3) is 0 Å². The second-order valence-corrected chi connectivity index (χ2v) is 5.84. The molecular weight excluding hydrogens is 338 g/mol. The predicted octanol–water partition coefficient (Wildman–Crippen LogP) is 2.78. The van der Waals surface area contributed by atoms with Crippen molar-refractivity contribution in [1.29, 1.82) is 0 Å². The first kappa shape index (κ1) is 17.6. The van der Waals surface area contributed by atoms with Crippen LogP contribution in [0.1, 0.15) is 24.3 Å². The van der Waals surface area contributed by atoms with Gasteiger partial charge in [-0.3, -0.25) is 9.59 Å². The van der Waals surface area contributed by atoms with Crippen molar-refractivity contribution in [2.75, 3.05) is 14.2 Å². The molecule has 1 amide bonds. The normalized spacial score (nSPS) is 17.0. The Morgan fingerprint density at radius 2 is 2.04 bits per heavy atom. The van der Waals surface area contributed by atoms with E-state index < -0.39 is 23.5 Å². The SMILES string of the molecule is COc1ccc(OC)c([C@H]2C(C(C)=O)=C(O)C(=O)N2Cc2ccco2)c1. The maximum atomic E-state index is 12.6. The molecule has 136 valence electrons. The molecule has 1 aliphatic rings. The molecule has 0 unspecified atom stereocenters. The average Bonchev–Trinajstić information content (AvgIpc) is 3.23. The minimum absolute atomic E-state index is 0.0214. The van der Waals surface area contributed by atoms with Gasteiger partial charge in [0.05, 0.1) is 38.6 Å². The summed E-state index contributed by atoms with van der Waals surface area (Å²) < 4.78 is 16.0. The van der Waals surface area contributed by atoms with Crippen molar-refractivity contribution >= 4 is 11.7 Å². The van der Waals surface area contributed by atoms with E-state index in [1.54, 1.807) is 30.3 Å². The van der Waals surface area contributed by atoms with Crippen molar-refractivity contribution in [2.24, 2.45) is 0 Å². The molecule has 2 aromatic rings. The van der Waals surface area contributed by atoms with Crippen LogP contribution >= 0.6 is 0 Å². The highest BCUT2D eigenvalue weighted by Gasteiger charge is 2.44. The molecule has 1 aromatic carbocycles. The minimum Gasteiger partial charge on any atom is -0.503 e. The van der Waals surface area contributed by atoms with Gasteiger partial charge in [0, 0.05) is 5.56 Å². The van der Waals surface area contributed by atoms with Gasteiger partial charge in [-0.1, -0.05) is 0 Å². The molecule has 7 nitrogen and oxygen atoms in total. The number of ketones is 1. The highest BCUT2D eigenvalue weighted by Crippen LogP contribution is 2.43. The van der Waals surface area contributed by atoms with Gasteiger partial charge in [0.2, 0.25) is 0 Å². The molecule has 26 heavy (non-hydrogen) atoms. The predicted molar refractivity (Wildman–Crippen MR) is 91.9 cm³/mol. The standard InChI is InChI=1S/C19H19NO6/c1-11(21)16-17(14-9-12(24-2)6-7-15(14)25-3)20(19(23)18(16)22)10-13-5-4-8-26-13/h4-9,17,22H,10H2,1-3H3/t17-/m0/s1. The molecule has 0 aliphatic carbocycles. The molecule has 0 saturated heterocycles. The second kappa shape index (κ2) is 6.95. The van der Waals surface area contributed by atoms with Crippen molar-refractivity contribution in [3.8, 4) is 11.5 Å². The first-order chi connectivity index (χ1) is 12.5. The Morgan fingerprint density at radius 3 is 2.62 bits per heavy atom. The summed E-state index contributed by atoms with van der Waals surface area (Å²) >= 11 is 0. The molecule has 0 radical (unpaired) electrons. The number of Topliss-reactive ketones (excluding diaryl/α,β-unsaturated/α-hetero) is 1. The van der Waals surface area contributed by atoms with E-state index in [2.05, 4.69) is 0 Å². The van der Waals surface area contributed by atoms with Gasteiger partial charge in [-0.25, -0.2) is 0 Å². The fraction of sp³-hybridized carbons (Fsp3) is 0.263. The summed E-state index contributed by atoms with van der Waals surface area (Å²) in [6.45, 7) is 1.41. The van der Waals surface area contributed by atoms with Gasteiger partial charge >= 0.3 is 0 Å². The van der Waals surface area contributed by atoms with Crippen LogP contribution in [0, 0.1) is 0 Å². The van der Waals surface area contributed by atoms with Crippen LogP contribution in [-0.4, -0.2) is 35.9 Å². The molecule has 1 N–H and O–H groups in total. The number of aliphatic hydroxyl groups is 1. The maximum Gasteiger partial charge on any atom is 0.290 e. The molecular formula is C19H19NO6. The van der Waals surface area contributed by atoms with Crippen LogP contribution in [0.2, 0.25) is 0 Å². The number of rotatable bonds is 6. The lowest BCUT2D eigenvalue weighted by molar-refractivity contribution is -0.130. The molecule has 3 rings (SSSR count). The van der Waals surface area contributed by atoms with Crippen LogP contribution in [0.3, 0.4) is 0 Å². The van der Waals surface area contributed by atoms with E-state index in [1.165, 1.54) is 32.3 Å². The number of benzene rings is 1. The first-order valence-electron chi connectivity index (χ1n) is 7.97. The summed E-state index contributed by atoms with van der Waals surface area (Å²) in [6, 6.07) is 7.71. The number of aliphatic hydroxyl groups excluding tert-OH is 1. The fourth-order valence-electron chi connectivity index (χ4n) is 3.12. The number of nitrogens with zero attached hydrogens (tertiary/aromatic N) is 1. The second-order valence-electron chi connectivity index (χ2n) is 5.84. The molecule has 0 bridgehead atoms. The van der Waals surface area contributed by atoms with Crippen molar-refractivity contribution in [1.82, 2.24) is 4.90 Å². The van der Waals surface area contributed by atoms with Crippen LogP contribution in [-0.2, 0) is 16.1 Å². The quantitative estimate of drug-likeness (QED) is 0.855. The van der Waals surface area contributed by atoms with Gasteiger partial charge in [0.1, 0.15) is 17.3 Å². The Bertz CT molecular complexity index is 868. The van der Waals surface area contributed by atoms with Crippen molar-refractivity contribution < 1.29 is 28.6 Å². The van der Waals surface area contributed by atoms with E-state index in [0.29, 0.717) is 22.8 Å². The molecule has 7 heteroatoms. The summed E-state index contributed by atoms with van der Waals surface area (Å²) in [5.74, 6) is -0.0436. The number of hydrogen-bond acceptors (Lipinski definition) is 6. The van der Waals surface area contributed by atoms with Crippen molar-refractivity contribution in [2.45, 2.75) is 19.5 Å². The molecule has 1 aromatic heterocycles. The van der Waals surface area contributed by atoms with Crippen LogP contribution in [0.15, 0.2) is 52.3 Å². The number of amides is 1. The lowest BCUT2D eigenvalue weighted by Gasteiger charge is -2.27. The third-order valence-corrected chi connectivity index (χ3v) is 4.32. The molecule has 2 heterocycles. The number of ether oxygens (including phenoxy) is 2. The molecule has 0 spiro atoms. The number of methoxy groups -OCH3 is 2. The van der Waals surface area contributed by atoms with E-state index in [4.69, 9.17) is 13.9 Å². The summed E-state index contributed by atoms with van der Waals surface area (Å²) in [5, 5.41) is 10.3. The highest BCUT2D eigenvalue weighted by atomic mass is 16.5. The van der Waals surface area contributed by atoms with Gasteiger partial charge in [-0.15, -0.1) is 0 Å². The fourth-order valence-corrected chi connectivity index (χ4v) is 3.12. The zero-order chi connectivity index (χ0) is 18.8. The summed E-state index contributed by atoms with van der Waals surface area (Å²) in [7, 11) is 3.02. The van der Waals surface area contributed by atoms with E-state index in [9.17, 15) is 14.7 Å².